The summed E-state index contributed by atoms with van der Waals surface area (Å²) < 4.78 is 2.94. The van der Waals surface area contributed by atoms with Crippen molar-refractivity contribution >= 4 is 21.8 Å². The lowest BCUT2D eigenvalue weighted by atomic mass is 10.1. The number of hydrogen-bond donors (Lipinski definition) is 0. The zero-order chi connectivity index (χ0) is 13.4. The van der Waals surface area contributed by atoms with E-state index >= 15 is 0 Å². The van der Waals surface area contributed by atoms with E-state index in [-0.39, 0.29) is 5.91 Å². The summed E-state index contributed by atoms with van der Waals surface area (Å²) >= 11 is 3.45. The number of aromatic nitrogens is 2. The molecule has 0 N–H and O–H groups in total. The second kappa shape index (κ2) is 4.81. The number of benzene rings is 1. The van der Waals surface area contributed by atoms with Gasteiger partial charge in [0.15, 0.2) is 0 Å². The number of carbonyl (C=O) groups is 1. The fraction of sp³-hybridized carbons (Fsp3) is 0.286. The van der Waals surface area contributed by atoms with Gasteiger partial charge in [-0.2, -0.15) is 0 Å². The molecule has 98 valence electrons. The minimum atomic E-state index is 0.0600. The highest BCUT2D eigenvalue weighted by atomic mass is 79.9. The molecule has 4 nitrogen and oxygen atoms in total. The van der Waals surface area contributed by atoms with Gasteiger partial charge < -0.3 is 9.47 Å². The highest BCUT2D eigenvalue weighted by Crippen LogP contribution is 2.22. The van der Waals surface area contributed by atoms with Crippen molar-refractivity contribution in [1.29, 1.82) is 0 Å². The summed E-state index contributed by atoms with van der Waals surface area (Å²) in [5.41, 5.74) is 1.81. The zero-order valence-corrected chi connectivity index (χ0v) is 12.2. The van der Waals surface area contributed by atoms with Gasteiger partial charge in [-0.15, -0.1) is 0 Å². The highest BCUT2D eigenvalue weighted by molar-refractivity contribution is 9.10. The average molecular weight is 320 g/mol. The van der Waals surface area contributed by atoms with Gasteiger partial charge >= 0.3 is 0 Å². The van der Waals surface area contributed by atoms with Crippen LogP contribution in [0, 0.1) is 6.92 Å². The Kier molecular flexibility index (Phi) is 3.14. The van der Waals surface area contributed by atoms with E-state index in [9.17, 15) is 4.79 Å². The monoisotopic (exact) mass is 319 g/mol. The largest absolute Gasteiger partial charge is 0.332 e. The van der Waals surface area contributed by atoms with E-state index in [0.717, 1.165) is 34.5 Å². The van der Waals surface area contributed by atoms with Crippen LogP contribution in [-0.2, 0) is 13.1 Å². The fourth-order valence-corrected chi connectivity index (χ4v) is 2.74. The number of halogens is 1. The third-order valence-corrected chi connectivity index (χ3v) is 4.08. The summed E-state index contributed by atoms with van der Waals surface area (Å²) in [6, 6.07) is 5.84. The van der Waals surface area contributed by atoms with Gasteiger partial charge in [-0.25, -0.2) is 4.98 Å². The molecular weight excluding hydrogens is 306 g/mol. The minimum absolute atomic E-state index is 0.0600. The molecule has 0 saturated heterocycles. The third kappa shape index (κ3) is 2.30. The topological polar surface area (TPSA) is 38.1 Å². The van der Waals surface area contributed by atoms with E-state index in [1.54, 1.807) is 6.20 Å². The van der Waals surface area contributed by atoms with Crippen molar-refractivity contribution in [2.24, 2.45) is 0 Å². The molecule has 0 aliphatic carbocycles. The number of amides is 1. The van der Waals surface area contributed by atoms with Crippen LogP contribution in [0.2, 0.25) is 0 Å². The van der Waals surface area contributed by atoms with Gasteiger partial charge in [0.1, 0.15) is 5.82 Å². The lowest BCUT2D eigenvalue weighted by Crippen LogP contribution is -2.38. The molecule has 5 heteroatoms. The van der Waals surface area contributed by atoms with Crippen molar-refractivity contribution in [3.63, 3.8) is 0 Å². The van der Waals surface area contributed by atoms with E-state index in [2.05, 4.69) is 25.5 Å². The summed E-state index contributed by atoms with van der Waals surface area (Å²) in [5, 5.41) is 0. The summed E-state index contributed by atoms with van der Waals surface area (Å²) in [6.45, 7) is 4.10. The van der Waals surface area contributed by atoms with Gasteiger partial charge in [0.25, 0.3) is 5.91 Å². The van der Waals surface area contributed by atoms with Crippen molar-refractivity contribution in [3.05, 3.63) is 52.0 Å². The first kappa shape index (κ1) is 12.4. The molecule has 3 rings (SSSR count). The lowest BCUT2D eigenvalue weighted by molar-refractivity contribution is 0.0706. The number of imidazole rings is 1. The Morgan fingerprint density at radius 1 is 1.37 bits per heavy atom. The van der Waals surface area contributed by atoms with Crippen LogP contribution in [-0.4, -0.2) is 26.9 Å². The highest BCUT2D eigenvalue weighted by Gasteiger charge is 2.23. The van der Waals surface area contributed by atoms with Crippen molar-refractivity contribution in [1.82, 2.24) is 14.5 Å². The summed E-state index contributed by atoms with van der Waals surface area (Å²) in [6.07, 6.45) is 3.74. The van der Waals surface area contributed by atoms with Gasteiger partial charge in [0.05, 0.1) is 12.1 Å². The van der Waals surface area contributed by atoms with Crippen molar-refractivity contribution in [3.8, 4) is 0 Å². The first-order valence-electron chi connectivity index (χ1n) is 6.20. The fourth-order valence-electron chi connectivity index (χ4n) is 2.32. The average Bonchev–Trinajstić information content (AvgIpc) is 2.88. The Morgan fingerprint density at radius 3 is 3.05 bits per heavy atom. The van der Waals surface area contributed by atoms with Crippen molar-refractivity contribution in [2.75, 3.05) is 6.54 Å². The Bertz CT molecular complexity index is 635. The number of rotatable bonds is 1. The minimum Gasteiger partial charge on any atom is -0.332 e. The first-order chi connectivity index (χ1) is 9.15. The molecule has 2 heterocycles. The second-order valence-electron chi connectivity index (χ2n) is 4.75. The predicted molar refractivity (Wildman–Crippen MR) is 75.8 cm³/mol. The normalized spacial score (nSPS) is 14.3. The SMILES string of the molecule is Cc1ccc(Br)c(C(=O)N2CCn3ccnc3C2)c1. The summed E-state index contributed by atoms with van der Waals surface area (Å²) in [7, 11) is 0. The molecule has 1 amide bonds. The number of carbonyl (C=O) groups excluding carboxylic acids is 1. The zero-order valence-electron chi connectivity index (χ0n) is 10.6. The molecule has 2 aromatic rings. The maximum absolute atomic E-state index is 12.6. The summed E-state index contributed by atoms with van der Waals surface area (Å²) in [5.74, 6) is 1.01. The number of aryl methyl sites for hydroxylation is 1. The Morgan fingerprint density at radius 2 is 2.21 bits per heavy atom. The number of nitrogens with zero attached hydrogens (tertiary/aromatic N) is 3. The molecular formula is C14H14BrN3O. The van der Waals surface area contributed by atoms with Crippen LogP contribution in [0.5, 0.6) is 0 Å². The van der Waals surface area contributed by atoms with Gasteiger partial charge in [0.2, 0.25) is 0 Å². The van der Waals surface area contributed by atoms with Crippen molar-refractivity contribution in [2.45, 2.75) is 20.0 Å². The van der Waals surface area contributed by atoms with Crippen LogP contribution in [0.25, 0.3) is 0 Å². The molecule has 1 aromatic carbocycles. The van der Waals surface area contributed by atoms with E-state index < -0.39 is 0 Å². The van der Waals surface area contributed by atoms with Crippen LogP contribution < -0.4 is 0 Å². The molecule has 0 atom stereocenters. The van der Waals surface area contributed by atoms with Crippen LogP contribution in [0.15, 0.2) is 35.1 Å². The standard InChI is InChI=1S/C14H14BrN3O/c1-10-2-3-12(15)11(8-10)14(19)18-7-6-17-5-4-16-13(17)9-18/h2-5,8H,6-7,9H2,1H3. The molecule has 0 spiro atoms. The van der Waals surface area contributed by atoms with E-state index in [4.69, 9.17) is 0 Å². The van der Waals surface area contributed by atoms with Crippen LogP contribution >= 0.6 is 15.9 Å². The van der Waals surface area contributed by atoms with Gasteiger partial charge in [-0.1, -0.05) is 11.6 Å². The number of hydrogen-bond acceptors (Lipinski definition) is 2. The first-order valence-corrected chi connectivity index (χ1v) is 7.00. The van der Waals surface area contributed by atoms with Gasteiger partial charge in [0, 0.05) is 30.0 Å². The van der Waals surface area contributed by atoms with Crippen LogP contribution in [0.3, 0.4) is 0 Å². The molecule has 1 aromatic heterocycles. The predicted octanol–water partition coefficient (Wildman–Crippen LogP) is 2.61. The Hall–Kier alpha value is -1.62. The molecule has 0 saturated carbocycles. The number of fused-ring (bicyclic) bond motifs is 1. The Labute approximate surface area is 120 Å². The molecule has 0 fully saturated rings. The second-order valence-corrected chi connectivity index (χ2v) is 5.60. The Balaban J connectivity index is 1.87. The third-order valence-electron chi connectivity index (χ3n) is 3.38. The lowest BCUT2D eigenvalue weighted by Gasteiger charge is -2.28. The van der Waals surface area contributed by atoms with Crippen LogP contribution in [0.1, 0.15) is 21.7 Å². The molecule has 1 aliphatic rings. The molecule has 0 radical (unpaired) electrons. The van der Waals surface area contributed by atoms with E-state index in [0.29, 0.717) is 6.54 Å². The maximum Gasteiger partial charge on any atom is 0.255 e. The summed E-state index contributed by atoms with van der Waals surface area (Å²) in [4.78, 5) is 18.7. The van der Waals surface area contributed by atoms with Gasteiger partial charge in [-0.3, -0.25) is 4.79 Å². The molecule has 19 heavy (non-hydrogen) atoms. The quantitative estimate of drug-likeness (QED) is 0.810. The van der Waals surface area contributed by atoms with Crippen LogP contribution in [0.4, 0.5) is 0 Å². The van der Waals surface area contributed by atoms with Gasteiger partial charge in [-0.05, 0) is 35.0 Å². The van der Waals surface area contributed by atoms with E-state index in [1.165, 1.54) is 0 Å². The smallest absolute Gasteiger partial charge is 0.255 e. The van der Waals surface area contributed by atoms with E-state index in [1.807, 2.05) is 36.2 Å². The molecule has 1 aliphatic heterocycles. The molecule has 0 bridgehead atoms. The maximum atomic E-state index is 12.6. The van der Waals surface area contributed by atoms with Crippen molar-refractivity contribution < 1.29 is 4.79 Å². The molecule has 0 unspecified atom stereocenters.